The Morgan fingerprint density at radius 3 is 1.66 bits per heavy atom. The van der Waals surface area contributed by atoms with Gasteiger partial charge in [-0.3, -0.25) is 0 Å². The van der Waals surface area contributed by atoms with Gasteiger partial charge in [0.25, 0.3) is 0 Å². The van der Waals surface area contributed by atoms with E-state index < -0.39 is 5.54 Å². The van der Waals surface area contributed by atoms with Crippen LogP contribution in [0.15, 0.2) is 152 Å². The molecule has 5 N–H and O–H groups in total. The van der Waals surface area contributed by atoms with Gasteiger partial charge in [-0.25, -0.2) is 9.97 Å². The van der Waals surface area contributed by atoms with Gasteiger partial charge in [-0.1, -0.05) is 172 Å². The fraction of sp³-hybridized carbons (Fsp3) is 0.234. The Morgan fingerprint density at radius 2 is 1.08 bits per heavy atom. The van der Waals surface area contributed by atoms with E-state index in [4.69, 9.17) is 15.7 Å². The molecule has 7 aromatic rings. The van der Waals surface area contributed by atoms with E-state index in [2.05, 4.69) is 156 Å². The number of hydrogen-bond donors (Lipinski definition) is 4. The lowest BCUT2D eigenvalue weighted by Gasteiger charge is -2.35. The Morgan fingerprint density at radius 1 is 0.566 bits per heavy atom. The van der Waals surface area contributed by atoms with Crippen molar-refractivity contribution in [3.8, 4) is 44.8 Å². The quantitative estimate of drug-likeness (QED) is 0.0712. The molecule has 0 aliphatic heterocycles. The fourth-order valence-electron chi connectivity index (χ4n) is 7.21. The van der Waals surface area contributed by atoms with E-state index in [0.717, 1.165) is 66.4 Å². The Balaban J connectivity index is 1.13. The van der Waals surface area contributed by atoms with E-state index in [1.54, 1.807) is 0 Å². The predicted octanol–water partition coefficient (Wildman–Crippen LogP) is 11.2. The van der Waals surface area contributed by atoms with Crippen LogP contribution in [-0.2, 0) is 12.1 Å². The number of nitrogens with two attached hydrogens (primary N) is 1. The van der Waals surface area contributed by atoms with Crippen molar-refractivity contribution in [3.63, 3.8) is 0 Å². The summed E-state index contributed by atoms with van der Waals surface area (Å²) >= 11 is 0. The van der Waals surface area contributed by atoms with Crippen LogP contribution in [0.4, 0.5) is 0 Å². The second-order valence-electron chi connectivity index (χ2n) is 14.1. The highest BCUT2D eigenvalue weighted by Gasteiger charge is 2.35. The van der Waals surface area contributed by atoms with Gasteiger partial charge in [0.05, 0.1) is 35.4 Å². The van der Waals surface area contributed by atoms with Crippen molar-refractivity contribution in [3.05, 3.63) is 169 Å². The highest BCUT2D eigenvalue weighted by Crippen LogP contribution is 2.36. The summed E-state index contributed by atoms with van der Waals surface area (Å²) in [6.45, 7) is 2.99. The molecule has 0 radical (unpaired) electrons. The van der Waals surface area contributed by atoms with E-state index in [-0.39, 0.29) is 6.04 Å². The van der Waals surface area contributed by atoms with E-state index in [1.807, 2.05) is 18.5 Å². The van der Waals surface area contributed by atoms with Crippen LogP contribution in [0.25, 0.3) is 44.8 Å². The first-order valence-electron chi connectivity index (χ1n) is 19.1. The number of imidazole rings is 2. The normalized spacial score (nSPS) is 13.1. The molecule has 268 valence electrons. The smallest absolute Gasteiger partial charge is 0.126 e. The van der Waals surface area contributed by atoms with E-state index >= 15 is 0 Å². The largest absolute Gasteiger partial charge is 0.341 e. The van der Waals surface area contributed by atoms with Crippen molar-refractivity contribution in [1.29, 1.82) is 0 Å². The first-order valence-corrected chi connectivity index (χ1v) is 19.1. The molecule has 6 heteroatoms. The van der Waals surface area contributed by atoms with Gasteiger partial charge in [-0.15, -0.1) is 0 Å². The molecule has 0 bridgehead atoms. The number of rotatable bonds is 17. The van der Waals surface area contributed by atoms with Crippen LogP contribution in [0.3, 0.4) is 0 Å². The maximum absolute atomic E-state index is 6.96. The van der Waals surface area contributed by atoms with Gasteiger partial charge in [0, 0.05) is 6.54 Å². The van der Waals surface area contributed by atoms with Crippen LogP contribution in [-0.4, -0.2) is 19.9 Å². The minimum atomic E-state index is -0.411. The highest BCUT2D eigenvalue weighted by atomic mass is 15.1. The standard InChI is InChI=1S/C47H50N6/c1-2-3-4-14-30-47(51-32-35-15-8-5-9-16-35,46-50-34-44(53-46)41-27-23-39(24-28-41)37-19-12-7-13-20-37)31-29-42(48)45-49-33-43(52-45)40-25-21-38(22-26-40)36-17-10-6-11-18-36/h5-13,15-28,33-34,42,51H,2-4,14,29-32,48H2,1H3,(H,49,52)(H,50,53)/t42-,47-/m0/s1. The molecule has 53 heavy (non-hydrogen) atoms. The summed E-state index contributed by atoms with van der Waals surface area (Å²) in [7, 11) is 0. The van der Waals surface area contributed by atoms with Crippen LogP contribution >= 0.6 is 0 Å². The average molecular weight is 699 g/mol. The van der Waals surface area contributed by atoms with E-state index in [9.17, 15) is 0 Å². The third-order valence-corrected chi connectivity index (χ3v) is 10.4. The van der Waals surface area contributed by atoms with Crippen molar-refractivity contribution < 1.29 is 0 Å². The first kappa shape index (κ1) is 35.8. The third kappa shape index (κ3) is 8.91. The lowest BCUT2D eigenvalue weighted by atomic mass is 9.84. The van der Waals surface area contributed by atoms with Crippen molar-refractivity contribution >= 4 is 0 Å². The minimum absolute atomic E-state index is 0.263. The molecule has 7 rings (SSSR count). The second-order valence-corrected chi connectivity index (χ2v) is 14.1. The molecule has 2 atom stereocenters. The molecule has 0 fully saturated rings. The lowest BCUT2D eigenvalue weighted by Crippen LogP contribution is -2.43. The summed E-state index contributed by atoms with van der Waals surface area (Å²) in [5.41, 5.74) is 16.8. The summed E-state index contributed by atoms with van der Waals surface area (Å²) in [5, 5.41) is 4.01. The molecule has 2 heterocycles. The molecular weight excluding hydrogens is 649 g/mol. The van der Waals surface area contributed by atoms with Crippen LogP contribution < -0.4 is 11.1 Å². The molecule has 0 unspecified atom stereocenters. The number of benzene rings is 5. The zero-order valence-electron chi connectivity index (χ0n) is 30.6. The number of unbranched alkanes of at least 4 members (excludes halogenated alkanes) is 3. The summed E-state index contributed by atoms with van der Waals surface area (Å²) in [5.74, 6) is 1.76. The summed E-state index contributed by atoms with van der Waals surface area (Å²) in [4.78, 5) is 17.2. The second kappa shape index (κ2) is 17.3. The van der Waals surface area contributed by atoms with Gasteiger partial charge in [-0.2, -0.15) is 0 Å². The third-order valence-electron chi connectivity index (χ3n) is 10.4. The number of nitrogens with zero attached hydrogens (tertiary/aromatic N) is 2. The van der Waals surface area contributed by atoms with Crippen molar-refractivity contribution in [2.75, 3.05) is 0 Å². The van der Waals surface area contributed by atoms with Crippen LogP contribution in [0.2, 0.25) is 0 Å². The zero-order chi connectivity index (χ0) is 36.3. The van der Waals surface area contributed by atoms with Crippen LogP contribution in [0, 0.1) is 0 Å². The van der Waals surface area contributed by atoms with Gasteiger partial charge < -0.3 is 21.0 Å². The number of hydrogen-bond acceptors (Lipinski definition) is 4. The highest BCUT2D eigenvalue weighted by molar-refractivity contribution is 5.69. The van der Waals surface area contributed by atoms with Gasteiger partial charge >= 0.3 is 0 Å². The predicted molar refractivity (Wildman–Crippen MR) is 219 cm³/mol. The Hall–Kier alpha value is -5.56. The molecule has 5 aromatic carbocycles. The van der Waals surface area contributed by atoms with E-state index in [0.29, 0.717) is 0 Å². The first-order chi connectivity index (χ1) is 26.1. The number of aromatic nitrogens is 4. The summed E-state index contributed by atoms with van der Waals surface area (Å²) < 4.78 is 0. The SMILES string of the molecule is CCCCCC[C@@](CC[C@H](N)c1ncc(-c2ccc(-c3ccccc3)cc2)[nH]1)(NCc1ccccc1)c1ncc(-c2ccc(-c3ccccc3)cc2)[nH]1. The average Bonchev–Trinajstić information content (AvgIpc) is 3.94. The van der Waals surface area contributed by atoms with Gasteiger partial charge in [0.1, 0.15) is 11.6 Å². The Kier molecular flexibility index (Phi) is 11.7. The summed E-state index contributed by atoms with van der Waals surface area (Å²) in [6.07, 6.45) is 11.0. The molecule has 6 nitrogen and oxygen atoms in total. The molecule has 0 aliphatic rings. The molecule has 2 aromatic heterocycles. The monoisotopic (exact) mass is 698 g/mol. The zero-order valence-corrected chi connectivity index (χ0v) is 30.6. The van der Waals surface area contributed by atoms with Crippen molar-refractivity contribution in [1.82, 2.24) is 25.3 Å². The van der Waals surface area contributed by atoms with Crippen LogP contribution in [0.1, 0.15) is 75.1 Å². The topological polar surface area (TPSA) is 95.4 Å². The molecule has 0 saturated carbocycles. The summed E-state index contributed by atoms with van der Waals surface area (Å²) in [6, 6.07) is 48.6. The molecular formula is C47H50N6. The van der Waals surface area contributed by atoms with Gasteiger partial charge in [0.15, 0.2) is 0 Å². The van der Waals surface area contributed by atoms with Crippen molar-refractivity contribution in [2.45, 2.75) is 70.0 Å². The Labute approximate surface area is 314 Å². The Bertz CT molecular complexity index is 2120. The van der Waals surface area contributed by atoms with Crippen LogP contribution in [0.5, 0.6) is 0 Å². The van der Waals surface area contributed by atoms with Gasteiger partial charge in [0.2, 0.25) is 0 Å². The maximum Gasteiger partial charge on any atom is 0.126 e. The lowest BCUT2D eigenvalue weighted by molar-refractivity contribution is 0.245. The molecule has 0 spiro atoms. The molecule has 0 aliphatic carbocycles. The maximum atomic E-state index is 6.96. The number of aromatic amines is 2. The minimum Gasteiger partial charge on any atom is -0.341 e. The van der Waals surface area contributed by atoms with Gasteiger partial charge in [-0.05, 0) is 58.2 Å². The molecule has 0 saturated heterocycles. The number of H-pyrrole nitrogens is 2. The molecule has 0 amide bonds. The fourth-order valence-corrected chi connectivity index (χ4v) is 7.21. The van der Waals surface area contributed by atoms with E-state index in [1.165, 1.54) is 47.1 Å². The van der Waals surface area contributed by atoms with Crippen molar-refractivity contribution in [2.24, 2.45) is 5.73 Å². The number of nitrogens with one attached hydrogen (secondary N) is 3.